The standard InChI is InChI=1S/C18H17F3N2O6/c1-17(2)16(25)15(12-7-11(18(19,20)21)4-5-13(12)29-17)22-8-10(3-6-14(22)24)9-28-23(26)27/h3-8,15-16,25H,9H2,1-2H3. The first-order valence-corrected chi connectivity index (χ1v) is 8.47. The third-order valence-corrected chi connectivity index (χ3v) is 4.68. The van der Waals surface area contributed by atoms with Crippen LogP contribution in [0, 0.1) is 10.1 Å². The van der Waals surface area contributed by atoms with Crippen LogP contribution in [0.3, 0.4) is 0 Å². The second-order valence-corrected chi connectivity index (χ2v) is 7.13. The Labute approximate surface area is 162 Å². The zero-order chi connectivity index (χ0) is 21.6. The lowest BCUT2D eigenvalue weighted by atomic mass is 9.85. The van der Waals surface area contributed by atoms with Gasteiger partial charge in [-0.3, -0.25) is 4.79 Å². The Kier molecular flexibility index (Phi) is 5.03. The molecular weight excluding hydrogens is 397 g/mol. The van der Waals surface area contributed by atoms with E-state index in [2.05, 4.69) is 4.84 Å². The van der Waals surface area contributed by atoms with E-state index in [1.165, 1.54) is 26.1 Å². The first-order chi connectivity index (χ1) is 13.4. The summed E-state index contributed by atoms with van der Waals surface area (Å²) in [5, 5.41) is 20.2. The van der Waals surface area contributed by atoms with E-state index in [0.29, 0.717) is 0 Å². The Morgan fingerprint density at radius 1 is 1.31 bits per heavy atom. The van der Waals surface area contributed by atoms with Gasteiger partial charge in [0.25, 0.3) is 10.6 Å². The molecule has 0 radical (unpaired) electrons. The summed E-state index contributed by atoms with van der Waals surface area (Å²) >= 11 is 0. The summed E-state index contributed by atoms with van der Waals surface area (Å²) in [6.45, 7) is 2.61. The van der Waals surface area contributed by atoms with Crippen LogP contribution in [0.1, 0.15) is 36.6 Å². The molecule has 2 unspecified atom stereocenters. The normalized spacial score (nSPS) is 20.5. The summed E-state index contributed by atoms with van der Waals surface area (Å²) in [4.78, 5) is 27.2. The van der Waals surface area contributed by atoms with Gasteiger partial charge in [0.05, 0.1) is 11.6 Å². The van der Waals surface area contributed by atoms with Gasteiger partial charge < -0.3 is 19.2 Å². The minimum atomic E-state index is -4.64. The molecule has 2 atom stereocenters. The van der Waals surface area contributed by atoms with Crippen molar-refractivity contribution in [2.45, 2.75) is 44.4 Å². The number of rotatable bonds is 4. The number of benzene rings is 1. The van der Waals surface area contributed by atoms with Crippen molar-refractivity contribution in [1.82, 2.24) is 4.57 Å². The van der Waals surface area contributed by atoms with Gasteiger partial charge in [-0.2, -0.15) is 13.2 Å². The molecule has 0 saturated heterocycles. The van der Waals surface area contributed by atoms with Gasteiger partial charge in [-0.05, 0) is 37.6 Å². The first-order valence-electron chi connectivity index (χ1n) is 8.47. The second kappa shape index (κ2) is 7.07. The van der Waals surface area contributed by atoms with E-state index in [4.69, 9.17) is 4.74 Å². The van der Waals surface area contributed by atoms with Crippen LogP contribution in [0.25, 0.3) is 0 Å². The number of aliphatic hydroxyl groups is 1. The molecule has 2 heterocycles. The van der Waals surface area contributed by atoms with Crippen molar-refractivity contribution in [1.29, 1.82) is 0 Å². The Morgan fingerprint density at radius 2 is 2.00 bits per heavy atom. The quantitative estimate of drug-likeness (QED) is 0.610. The Hall–Kier alpha value is -3.08. The van der Waals surface area contributed by atoms with E-state index in [-0.39, 0.29) is 16.9 Å². The predicted molar refractivity (Wildman–Crippen MR) is 92.8 cm³/mol. The first kappa shape index (κ1) is 20.6. The average Bonchev–Trinajstić information content (AvgIpc) is 2.61. The van der Waals surface area contributed by atoms with E-state index in [0.717, 1.165) is 28.8 Å². The number of aliphatic hydroxyl groups excluding tert-OH is 1. The molecule has 0 spiro atoms. The molecule has 1 aliphatic heterocycles. The summed E-state index contributed by atoms with van der Waals surface area (Å²) < 4.78 is 46.3. The molecule has 0 saturated carbocycles. The Balaban J connectivity index is 2.17. The number of halogens is 3. The van der Waals surface area contributed by atoms with E-state index >= 15 is 0 Å². The average molecular weight is 414 g/mol. The highest BCUT2D eigenvalue weighted by atomic mass is 19.4. The minimum Gasteiger partial charge on any atom is -0.485 e. The molecule has 8 nitrogen and oxygen atoms in total. The number of ether oxygens (including phenoxy) is 1. The van der Waals surface area contributed by atoms with Crippen molar-refractivity contribution in [3.8, 4) is 5.75 Å². The van der Waals surface area contributed by atoms with Crippen molar-refractivity contribution >= 4 is 0 Å². The van der Waals surface area contributed by atoms with Crippen LogP contribution < -0.4 is 10.3 Å². The van der Waals surface area contributed by atoms with Crippen molar-refractivity contribution in [3.05, 3.63) is 73.7 Å². The SMILES string of the molecule is CC1(C)Oc2ccc(C(F)(F)F)cc2C(n2cc(CO[N+](=O)[O-])ccc2=O)C1O. The molecular formula is C18H17F3N2O6. The zero-order valence-electron chi connectivity index (χ0n) is 15.3. The number of fused-ring (bicyclic) bond motifs is 1. The largest absolute Gasteiger partial charge is 0.485 e. The number of alkyl halides is 3. The van der Waals surface area contributed by atoms with Crippen LogP contribution in [0.15, 0.2) is 41.3 Å². The highest BCUT2D eigenvalue weighted by Crippen LogP contribution is 2.43. The number of pyridine rings is 1. The summed E-state index contributed by atoms with van der Waals surface area (Å²) in [5.41, 5.74) is -2.59. The molecule has 0 aliphatic carbocycles. The fraction of sp³-hybridized carbons (Fsp3) is 0.389. The van der Waals surface area contributed by atoms with Gasteiger partial charge in [-0.1, -0.05) is 6.07 Å². The summed E-state index contributed by atoms with van der Waals surface area (Å²) in [7, 11) is 0. The molecule has 1 aromatic carbocycles. The molecule has 0 bridgehead atoms. The van der Waals surface area contributed by atoms with E-state index in [1.54, 1.807) is 0 Å². The lowest BCUT2D eigenvalue weighted by Gasteiger charge is -2.43. The minimum absolute atomic E-state index is 0.0268. The van der Waals surface area contributed by atoms with Crippen LogP contribution in [0.2, 0.25) is 0 Å². The molecule has 0 fully saturated rings. The third kappa shape index (κ3) is 4.04. The second-order valence-electron chi connectivity index (χ2n) is 7.13. The molecule has 2 aromatic rings. The van der Waals surface area contributed by atoms with Crippen LogP contribution in [-0.2, 0) is 17.6 Å². The van der Waals surface area contributed by atoms with Crippen LogP contribution in [0.4, 0.5) is 13.2 Å². The van der Waals surface area contributed by atoms with Gasteiger partial charge in [0.2, 0.25) is 0 Å². The van der Waals surface area contributed by atoms with Gasteiger partial charge >= 0.3 is 6.18 Å². The van der Waals surface area contributed by atoms with E-state index in [1.807, 2.05) is 0 Å². The van der Waals surface area contributed by atoms with Crippen molar-refractivity contribution < 1.29 is 32.9 Å². The molecule has 1 N–H and O–H groups in total. The zero-order valence-corrected chi connectivity index (χ0v) is 15.3. The number of hydrogen-bond acceptors (Lipinski definition) is 6. The molecule has 29 heavy (non-hydrogen) atoms. The Bertz CT molecular complexity index is 1000. The lowest BCUT2D eigenvalue weighted by Crippen LogP contribution is -2.52. The lowest BCUT2D eigenvalue weighted by molar-refractivity contribution is -0.763. The van der Waals surface area contributed by atoms with Gasteiger partial charge in [0, 0.05) is 17.8 Å². The van der Waals surface area contributed by atoms with Gasteiger partial charge in [-0.25, -0.2) is 0 Å². The van der Waals surface area contributed by atoms with Crippen molar-refractivity contribution in [2.75, 3.05) is 0 Å². The maximum absolute atomic E-state index is 13.2. The number of nitrogens with zero attached hydrogens (tertiary/aromatic N) is 2. The van der Waals surface area contributed by atoms with Crippen molar-refractivity contribution in [2.24, 2.45) is 0 Å². The van der Waals surface area contributed by atoms with Gasteiger partial charge in [-0.15, -0.1) is 10.1 Å². The maximum atomic E-state index is 13.2. The van der Waals surface area contributed by atoms with Gasteiger partial charge in [0.1, 0.15) is 24.1 Å². The monoisotopic (exact) mass is 414 g/mol. The third-order valence-electron chi connectivity index (χ3n) is 4.68. The smallest absolute Gasteiger partial charge is 0.416 e. The van der Waals surface area contributed by atoms with Crippen LogP contribution >= 0.6 is 0 Å². The van der Waals surface area contributed by atoms with E-state index in [9.17, 15) is 33.2 Å². The molecule has 11 heteroatoms. The maximum Gasteiger partial charge on any atom is 0.416 e. The number of aromatic nitrogens is 1. The van der Waals surface area contributed by atoms with Gasteiger partial charge in [0.15, 0.2) is 0 Å². The number of hydrogen-bond donors (Lipinski definition) is 1. The van der Waals surface area contributed by atoms with Crippen LogP contribution in [-0.4, -0.2) is 26.5 Å². The van der Waals surface area contributed by atoms with Crippen LogP contribution in [0.5, 0.6) is 5.75 Å². The van der Waals surface area contributed by atoms with E-state index < -0.39 is 46.7 Å². The summed E-state index contributed by atoms with van der Waals surface area (Å²) in [5.74, 6) is 0.0946. The highest BCUT2D eigenvalue weighted by Gasteiger charge is 2.45. The summed E-state index contributed by atoms with van der Waals surface area (Å²) in [6, 6.07) is 4.01. The molecule has 3 rings (SSSR count). The highest BCUT2D eigenvalue weighted by molar-refractivity contribution is 5.44. The Morgan fingerprint density at radius 3 is 2.62 bits per heavy atom. The topological polar surface area (TPSA) is 104 Å². The predicted octanol–water partition coefficient (Wildman–Crippen LogP) is 2.70. The molecule has 156 valence electrons. The molecule has 0 amide bonds. The molecule has 1 aromatic heterocycles. The molecule has 1 aliphatic rings. The fourth-order valence-electron chi connectivity index (χ4n) is 3.22. The van der Waals surface area contributed by atoms with Crippen molar-refractivity contribution in [3.63, 3.8) is 0 Å². The summed E-state index contributed by atoms with van der Waals surface area (Å²) in [6.07, 6.45) is -4.81. The fourth-order valence-corrected chi connectivity index (χ4v) is 3.22.